The Morgan fingerprint density at radius 1 is 0.900 bits per heavy atom. The minimum atomic E-state index is -1.04. The van der Waals surface area contributed by atoms with Crippen LogP contribution in [0.25, 0.3) is 0 Å². The smallest absolute Gasteiger partial charge is 0.151 e. The zero-order chi connectivity index (χ0) is 7.98. The number of rotatable bonds is 1. The van der Waals surface area contributed by atoms with Crippen molar-refractivity contribution in [2.24, 2.45) is 0 Å². The highest BCUT2D eigenvalue weighted by molar-refractivity contribution is 5.14. The van der Waals surface area contributed by atoms with E-state index in [0.29, 0.717) is 0 Å². The van der Waals surface area contributed by atoms with Crippen LogP contribution < -0.4 is 0 Å². The molecule has 0 radical (unpaired) electrons. The second-order valence-corrected chi connectivity index (χ2v) is 1.68. The van der Waals surface area contributed by atoms with Crippen molar-refractivity contribution in [3.63, 3.8) is 0 Å². The van der Waals surface area contributed by atoms with Crippen LogP contribution in [-0.2, 0) is 0 Å². The summed E-state index contributed by atoms with van der Waals surface area (Å²) in [4.78, 5) is 0. The van der Waals surface area contributed by atoms with Crippen LogP contribution in [0.3, 0.4) is 0 Å². The Balaban J connectivity index is 3.98. The first-order chi connectivity index (χ1) is 4.72. The van der Waals surface area contributed by atoms with Crippen LogP contribution in [0.5, 0.6) is 0 Å². The van der Waals surface area contributed by atoms with E-state index in [2.05, 4.69) is 23.7 Å². The van der Waals surface area contributed by atoms with Crippen LogP contribution in [-0.4, -0.2) is 22.4 Å². The predicted molar refractivity (Wildman–Crippen MR) is 38.9 cm³/mol. The van der Waals surface area contributed by atoms with Gasteiger partial charge in [0.15, 0.2) is 12.2 Å². The molecule has 0 fully saturated rings. The summed E-state index contributed by atoms with van der Waals surface area (Å²) in [7, 11) is 0. The summed E-state index contributed by atoms with van der Waals surface area (Å²) in [6.07, 6.45) is -2.09. The van der Waals surface area contributed by atoms with E-state index in [0.717, 1.165) is 0 Å². The van der Waals surface area contributed by atoms with E-state index in [4.69, 9.17) is 10.2 Å². The van der Waals surface area contributed by atoms with Crippen molar-refractivity contribution in [3.8, 4) is 23.7 Å². The largest absolute Gasteiger partial charge is 0.377 e. The summed E-state index contributed by atoms with van der Waals surface area (Å²) in [6.45, 7) is 3.19. The van der Waals surface area contributed by atoms with E-state index in [1.807, 2.05) is 0 Å². The van der Waals surface area contributed by atoms with Gasteiger partial charge in [-0.05, 0) is 13.8 Å². The Hall–Kier alpha value is -0.960. The monoisotopic (exact) mass is 138 g/mol. The fraction of sp³-hybridized carbons (Fsp3) is 0.500. The molecule has 0 heterocycles. The minimum Gasteiger partial charge on any atom is -0.377 e. The summed E-state index contributed by atoms with van der Waals surface area (Å²) in [5.74, 6) is 9.72. The maximum atomic E-state index is 8.92. The molecule has 0 spiro atoms. The second kappa shape index (κ2) is 4.88. The van der Waals surface area contributed by atoms with Gasteiger partial charge in [0.2, 0.25) is 0 Å². The quantitative estimate of drug-likeness (QED) is 0.491. The lowest BCUT2D eigenvalue weighted by molar-refractivity contribution is 0.0932. The topological polar surface area (TPSA) is 40.5 Å². The maximum absolute atomic E-state index is 8.92. The van der Waals surface area contributed by atoms with Crippen molar-refractivity contribution in [2.45, 2.75) is 26.1 Å². The first-order valence-electron chi connectivity index (χ1n) is 2.93. The Morgan fingerprint density at radius 2 is 1.20 bits per heavy atom. The second-order valence-electron chi connectivity index (χ2n) is 1.68. The number of hydrogen-bond donors (Lipinski definition) is 2. The molecule has 2 N–H and O–H groups in total. The molecular weight excluding hydrogens is 128 g/mol. The first-order valence-corrected chi connectivity index (χ1v) is 2.93. The molecule has 0 aliphatic carbocycles. The van der Waals surface area contributed by atoms with Gasteiger partial charge >= 0.3 is 0 Å². The molecule has 2 nitrogen and oxygen atoms in total. The zero-order valence-corrected chi connectivity index (χ0v) is 6.05. The van der Waals surface area contributed by atoms with Crippen LogP contribution in [0.15, 0.2) is 0 Å². The van der Waals surface area contributed by atoms with Gasteiger partial charge < -0.3 is 10.2 Å². The van der Waals surface area contributed by atoms with Crippen molar-refractivity contribution < 1.29 is 10.2 Å². The van der Waals surface area contributed by atoms with Gasteiger partial charge in [-0.1, -0.05) is 11.8 Å². The lowest BCUT2D eigenvalue weighted by Gasteiger charge is -2.03. The van der Waals surface area contributed by atoms with Crippen molar-refractivity contribution in [1.82, 2.24) is 0 Å². The molecule has 0 rings (SSSR count). The molecule has 2 heteroatoms. The molecule has 0 aromatic carbocycles. The molecule has 0 saturated heterocycles. The molecule has 0 amide bonds. The normalized spacial score (nSPS) is 13.6. The summed E-state index contributed by atoms with van der Waals surface area (Å²) in [5.41, 5.74) is 0. The van der Waals surface area contributed by atoms with E-state index >= 15 is 0 Å². The molecule has 10 heavy (non-hydrogen) atoms. The number of hydrogen-bond acceptors (Lipinski definition) is 2. The van der Waals surface area contributed by atoms with Gasteiger partial charge in [0.25, 0.3) is 0 Å². The molecule has 54 valence electrons. The minimum absolute atomic E-state index is 1.04. The maximum Gasteiger partial charge on any atom is 0.151 e. The fourth-order valence-corrected chi connectivity index (χ4v) is 0.454. The fourth-order valence-electron chi connectivity index (χ4n) is 0.454. The van der Waals surface area contributed by atoms with E-state index in [-0.39, 0.29) is 0 Å². The average molecular weight is 138 g/mol. The van der Waals surface area contributed by atoms with Crippen LogP contribution in [0, 0.1) is 23.7 Å². The predicted octanol–water partition coefficient (Wildman–Crippen LogP) is -0.245. The van der Waals surface area contributed by atoms with Gasteiger partial charge in [0, 0.05) is 0 Å². The molecule has 0 bridgehead atoms. The molecule has 0 aromatic heterocycles. The van der Waals surface area contributed by atoms with Crippen LogP contribution >= 0.6 is 0 Å². The third-order valence-corrected chi connectivity index (χ3v) is 0.884. The van der Waals surface area contributed by atoms with Gasteiger partial charge in [0.1, 0.15) is 0 Å². The SMILES string of the molecule is CC#CC(O)C(O)C#CC. The Bertz CT molecular complexity index is 175. The van der Waals surface area contributed by atoms with Crippen molar-refractivity contribution in [2.75, 3.05) is 0 Å². The highest BCUT2D eigenvalue weighted by Gasteiger charge is 2.08. The lowest BCUT2D eigenvalue weighted by atomic mass is 10.2. The summed E-state index contributed by atoms with van der Waals surface area (Å²) < 4.78 is 0. The molecule has 0 saturated carbocycles. The van der Waals surface area contributed by atoms with E-state index < -0.39 is 12.2 Å². The number of aliphatic hydroxyl groups excluding tert-OH is 2. The molecule has 0 aliphatic heterocycles. The summed E-state index contributed by atoms with van der Waals surface area (Å²) in [6, 6.07) is 0. The first kappa shape index (κ1) is 9.04. The highest BCUT2D eigenvalue weighted by atomic mass is 16.3. The van der Waals surface area contributed by atoms with E-state index in [9.17, 15) is 0 Å². The van der Waals surface area contributed by atoms with Gasteiger partial charge in [-0.3, -0.25) is 0 Å². The average Bonchev–Trinajstić information content (AvgIpc) is 1.89. The summed E-state index contributed by atoms with van der Waals surface area (Å²) in [5, 5.41) is 17.8. The van der Waals surface area contributed by atoms with Crippen molar-refractivity contribution >= 4 is 0 Å². The highest BCUT2D eigenvalue weighted by Crippen LogP contribution is 1.88. The molecule has 0 aliphatic rings. The standard InChI is InChI=1S/C8H10O2/c1-3-5-7(9)8(10)6-4-2/h7-10H,1-2H3. The van der Waals surface area contributed by atoms with Crippen molar-refractivity contribution in [3.05, 3.63) is 0 Å². The van der Waals surface area contributed by atoms with Crippen LogP contribution in [0.1, 0.15) is 13.8 Å². The third kappa shape index (κ3) is 3.14. The van der Waals surface area contributed by atoms with Crippen LogP contribution in [0.2, 0.25) is 0 Å². The van der Waals surface area contributed by atoms with Gasteiger partial charge in [-0.15, -0.1) is 11.8 Å². The zero-order valence-electron chi connectivity index (χ0n) is 6.05. The Labute approximate surface area is 60.9 Å². The molecule has 2 unspecified atom stereocenters. The molecule has 0 aromatic rings. The molecule has 2 atom stereocenters. The third-order valence-electron chi connectivity index (χ3n) is 0.884. The number of aliphatic hydroxyl groups is 2. The summed E-state index contributed by atoms with van der Waals surface area (Å²) >= 11 is 0. The Morgan fingerprint density at radius 3 is 1.40 bits per heavy atom. The lowest BCUT2D eigenvalue weighted by Crippen LogP contribution is -2.22. The Kier molecular flexibility index (Phi) is 4.41. The molecular formula is C8H10O2. The van der Waals surface area contributed by atoms with Crippen molar-refractivity contribution in [1.29, 1.82) is 0 Å². The van der Waals surface area contributed by atoms with E-state index in [1.165, 1.54) is 0 Å². The van der Waals surface area contributed by atoms with Crippen LogP contribution in [0.4, 0.5) is 0 Å². The van der Waals surface area contributed by atoms with Gasteiger partial charge in [-0.2, -0.15) is 0 Å². The van der Waals surface area contributed by atoms with Gasteiger partial charge in [0.05, 0.1) is 0 Å². The van der Waals surface area contributed by atoms with Gasteiger partial charge in [-0.25, -0.2) is 0 Å². The van der Waals surface area contributed by atoms with E-state index in [1.54, 1.807) is 13.8 Å².